The molecule has 0 unspecified atom stereocenters. The van der Waals surface area contributed by atoms with Gasteiger partial charge in [0.1, 0.15) is 5.75 Å². The number of likely N-dealkylation sites (tertiary alicyclic amines) is 1. The van der Waals surface area contributed by atoms with E-state index in [-0.39, 0.29) is 5.97 Å². The standard InChI is InChI=1S/C15H22N2O3/c1-19-12-5-6-14(16)13(11-12)15(18)20-10-4-9-17-7-2-3-8-17/h5-6,11H,2-4,7-10,16H2,1H3. The SMILES string of the molecule is COc1ccc(N)c(C(=O)OCCCN2CCCC2)c1. The Morgan fingerprint density at radius 3 is 2.80 bits per heavy atom. The first-order valence-electron chi connectivity index (χ1n) is 7.03. The molecule has 0 aromatic heterocycles. The van der Waals surface area contributed by atoms with Crippen molar-refractivity contribution in [2.75, 3.05) is 39.1 Å². The van der Waals surface area contributed by atoms with Crippen molar-refractivity contribution in [2.24, 2.45) is 0 Å². The fourth-order valence-electron chi connectivity index (χ4n) is 2.38. The van der Waals surface area contributed by atoms with E-state index in [1.165, 1.54) is 12.8 Å². The first-order chi connectivity index (χ1) is 9.70. The highest BCUT2D eigenvalue weighted by Gasteiger charge is 2.14. The Morgan fingerprint density at radius 1 is 1.35 bits per heavy atom. The molecule has 2 rings (SSSR count). The van der Waals surface area contributed by atoms with Crippen molar-refractivity contribution < 1.29 is 14.3 Å². The zero-order valence-corrected chi connectivity index (χ0v) is 11.9. The molecule has 1 aliphatic heterocycles. The molecule has 110 valence electrons. The van der Waals surface area contributed by atoms with E-state index in [0.29, 0.717) is 23.6 Å². The molecule has 0 saturated carbocycles. The van der Waals surface area contributed by atoms with Crippen LogP contribution in [-0.4, -0.2) is 44.2 Å². The van der Waals surface area contributed by atoms with E-state index in [0.717, 1.165) is 26.1 Å². The van der Waals surface area contributed by atoms with Gasteiger partial charge in [0.25, 0.3) is 0 Å². The summed E-state index contributed by atoms with van der Waals surface area (Å²) in [6.45, 7) is 3.74. The van der Waals surface area contributed by atoms with Crippen molar-refractivity contribution in [3.05, 3.63) is 23.8 Å². The van der Waals surface area contributed by atoms with Gasteiger partial charge in [0.05, 0.1) is 19.3 Å². The highest BCUT2D eigenvalue weighted by atomic mass is 16.5. The lowest BCUT2D eigenvalue weighted by molar-refractivity contribution is 0.0492. The fourth-order valence-corrected chi connectivity index (χ4v) is 2.38. The summed E-state index contributed by atoms with van der Waals surface area (Å²) in [6, 6.07) is 4.98. The predicted molar refractivity (Wildman–Crippen MR) is 78.0 cm³/mol. The van der Waals surface area contributed by atoms with Crippen LogP contribution in [0.5, 0.6) is 5.75 Å². The lowest BCUT2D eigenvalue weighted by atomic mass is 10.2. The first kappa shape index (κ1) is 14.7. The van der Waals surface area contributed by atoms with E-state index in [1.807, 2.05) is 0 Å². The summed E-state index contributed by atoms with van der Waals surface area (Å²) < 4.78 is 10.4. The van der Waals surface area contributed by atoms with Gasteiger partial charge in [-0.1, -0.05) is 0 Å². The van der Waals surface area contributed by atoms with Crippen molar-refractivity contribution in [3.8, 4) is 5.75 Å². The summed E-state index contributed by atoms with van der Waals surface area (Å²) in [5.41, 5.74) is 6.56. The zero-order chi connectivity index (χ0) is 14.4. The molecule has 1 fully saturated rings. The van der Waals surface area contributed by atoms with Crippen LogP contribution in [0, 0.1) is 0 Å². The second-order valence-corrected chi connectivity index (χ2v) is 4.99. The number of nitrogen functional groups attached to an aromatic ring is 1. The first-order valence-corrected chi connectivity index (χ1v) is 7.03. The van der Waals surface area contributed by atoms with E-state index >= 15 is 0 Å². The number of nitrogens with zero attached hydrogens (tertiary/aromatic N) is 1. The molecule has 0 bridgehead atoms. The van der Waals surface area contributed by atoms with Crippen LogP contribution in [0.1, 0.15) is 29.6 Å². The molecular weight excluding hydrogens is 256 g/mol. The van der Waals surface area contributed by atoms with Crippen molar-refractivity contribution >= 4 is 11.7 Å². The van der Waals surface area contributed by atoms with Crippen LogP contribution in [0.25, 0.3) is 0 Å². The third kappa shape index (κ3) is 3.87. The molecule has 1 saturated heterocycles. The number of methoxy groups -OCH3 is 1. The van der Waals surface area contributed by atoms with Gasteiger partial charge in [-0.05, 0) is 50.6 Å². The highest BCUT2D eigenvalue weighted by Crippen LogP contribution is 2.20. The Morgan fingerprint density at radius 2 is 2.10 bits per heavy atom. The molecule has 0 spiro atoms. The van der Waals surface area contributed by atoms with Gasteiger partial charge in [0, 0.05) is 12.2 Å². The Hall–Kier alpha value is -1.75. The van der Waals surface area contributed by atoms with Gasteiger partial charge in [-0.3, -0.25) is 0 Å². The van der Waals surface area contributed by atoms with Gasteiger partial charge >= 0.3 is 5.97 Å². The molecule has 0 amide bonds. The number of benzene rings is 1. The van der Waals surface area contributed by atoms with Crippen LogP contribution >= 0.6 is 0 Å². The van der Waals surface area contributed by atoms with Crippen LogP contribution in [0.2, 0.25) is 0 Å². The third-order valence-electron chi connectivity index (χ3n) is 3.53. The summed E-state index contributed by atoms with van der Waals surface area (Å²) in [5.74, 6) is 0.214. The third-order valence-corrected chi connectivity index (χ3v) is 3.53. The Balaban J connectivity index is 1.79. The molecule has 1 aromatic carbocycles. The van der Waals surface area contributed by atoms with Gasteiger partial charge in [-0.2, -0.15) is 0 Å². The Kier molecular flexibility index (Phi) is 5.24. The minimum atomic E-state index is -0.386. The number of nitrogens with two attached hydrogens (primary N) is 1. The van der Waals surface area contributed by atoms with E-state index in [2.05, 4.69) is 4.90 Å². The normalized spacial score (nSPS) is 15.2. The minimum absolute atomic E-state index is 0.366. The van der Waals surface area contributed by atoms with Crippen molar-refractivity contribution in [1.82, 2.24) is 4.90 Å². The van der Waals surface area contributed by atoms with Gasteiger partial charge in [0.2, 0.25) is 0 Å². The van der Waals surface area contributed by atoms with Gasteiger partial charge in [-0.15, -0.1) is 0 Å². The average Bonchev–Trinajstić information content (AvgIpc) is 2.97. The Bertz CT molecular complexity index is 456. The number of anilines is 1. The number of hydrogen-bond donors (Lipinski definition) is 1. The number of ether oxygens (including phenoxy) is 2. The maximum absolute atomic E-state index is 12.0. The van der Waals surface area contributed by atoms with Crippen LogP contribution in [0.3, 0.4) is 0 Å². The second-order valence-electron chi connectivity index (χ2n) is 4.99. The quantitative estimate of drug-likeness (QED) is 0.489. The van der Waals surface area contributed by atoms with Crippen LogP contribution < -0.4 is 10.5 Å². The molecule has 2 N–H and O–H groups in total. The molecule has 1 aromatic rings. The summed E-state index contributed by atoms with van der Waals surface area (Å²) in [4.78, 5) is 14.4. The summed E-state index contributed by atoms with van der Waals surface area (Å²) in [5, 5.41) is 0. The van der Waals surface area contributed by atoms with E-state index in [4.69, 9.17) is 15.2 Å². The summed E-state index contributed by atoms with van der Waals surface area (Å²) in [6.07, 6.45) is 3.41. The van der Waals surface area contributed by atoms with Gasteiger partial charge in [0.15, 0.2) is 0 Å². The van der Waals surface area contributed by atoms with Crippen LogP contribution in [0.4, 0.5) is 5.69 Å². The summed E-state index contributed by atoms with van der Waals surface area (Å²) in [7, 11) is 1.55. The van der Waals surface area contributed by atoms with Gasteiger partial charge < -0.3 is 20.1 Å². The maximum atomic E-state index is 12.0. The molecule has 20 heavy (non-hydrogen) atoms. The number of carbonyl (C=O) groups is 1. The monoisotopic (exact) mass is 278 g/mol. The average molecular weight is 278 g/mol. The zero-order valence-electron chi connectivity index (χ0n) is 11.9. The van der Waals surface area contributed by atoms with Crippen molar-refractivity contribution in [1.29, 1.82) is 0 Å². The van der Waals surface area contributed by atoms with E-state index < -0.39 is 0 Å². The number of rotatable bonds is 6. The van der Waals surface area contributed by atoms with Crippen molar-refractivity contribution in [2.45, 2.75) is 19.3 Å². The smallest absolute Gasteiger partial charge is 0.340 e. The summed E-state index contributed by atoms with van der Waals surface area (Å²) >= 11 is 0. The molecule has 0 atom stereocenters. The van der Waals surface area contributed by atoms with Crippen molar-refractivity contribution in [3.63, 3.8) is 0 Å². The molecule has 5 heteroatoms. The van der Waals surface area contributed by atoms with Crippen LogP contribution in [-0.2, 0) is 4.74 Å². The Labute approximate surface area is 119 Å². The minimum Gasteiger partial charge on any atom is -0.497 e. The highest BCUT2D eigenvalue weighted by molar-refractivity contribution is 5.95. The lowest BCUT2D eigenvalue weighted by Gasteiger charge is -2.14. The largest absolute Gasteiger partial charge is 0.497 e. The second kappa shape index (κ2) is 7.14. The van der Waals surface area contributed by atoms with E-state index in [1.54, 1.807) is 25.3 Å². The van der Waals surface area contributed by atoms with E-state index in [9.17, 15) is 4.79 Å². The molecule has 1 heterocycles. The molecule has 0 radical (unpaired) electrons. The predicted octanol–water partition coefficient (Wildman–Crippen LogP) is 1.92. The lowest BCUT2D eigenvalue weighted by Crippen LogP contribution is -2.22. The fraction of sp³-hybridized carbons (Fsp3) is 0.533. The van der Waals surface area contributed by atoms with Crippen LogP contribution in [0.15, 0.2) is 18.2 Å². The number of esters is 1. The number of carbonyl (C=O) groups excluding carboxylic acids is 1. The maximum Gasteiger partial charge on any atom is 0.340 e. The molecular formula is C15H22N2O3. The number of hydrogen-bond acceptors (Lipinski definition) is 5. The van der Waals surface area contributed by atoms with Gasteiger partial charge in [-0.25, -0.2) is 4.79 Å². The molecule has 1 aliphatic rings. The molecule has 5 nitrogen and oxygen atoms in total. The molecule has 0 aliphatic carbocycles. The topological polar surface area (TPSA) is 64.8 Å².